The number of fused-ring (bicyclic) bond motifs is 4. The van der Waals surface area contributed by atoms with Crippen LogP contribution in [0.1, 0.15) is 96.4 Å². The summed E-state index contributed by atoms with van der Waals surface area (Å²) in [5.41, 5.74) is 7.21. The Morgan fingerprint density at radius 2 is 0.407 bits per heavy atom. The number of aliphatic imine (C=N–C) groups is 4. The van der Waals surface area contributed by atoms with Crippen LogP contribution < -0.4 is 20.4 Å². The summed E-state index contributed by atoms with van der Waals surface area (Å²) in [5, 5.41) is 56.4. The van der Waals surface area contributed by atoms with Crippen LogP contribution in [-0.2, 0) is 39.0 Å². The quantitative estimate of drug-likeness (QED) is 0.0887. The van der Waals surface area contributed by atoms with Crippen molar-refractivity contribution in [2.45, 2.75) is 51.9 Å². The normalized spacial score (nSPS) is 12.5. The molecule has 0 unspecified atom stereocenters. The topological polar surface area (TPSA) is 142 Å². The predicted molar refractivity (Wildman–Crippen MR) is 343 cm³/mol. The van der Waals surface area contributed by atoms with Crippen molar-refractivity contribution >= 4 is 67.9 Å². The minimum atomic E-state index is 0. The molecular weight excluding hydrogens is 1160 g/mol. The number of hydrogen-bond acceptors (Lipinski definition) is 8. The molecule has 0 fully saturated rings. The maximum absolute atomic E-state index is 12.1. The van der Waals surface area contributed by atoms with Crippen molar-refractivity contribution in [1.82, 2.24) is 0 Å². The molecule has 12 rings (SSSR count). The van der Waals surface area contributed by atoms with Gasteiger partial charge >= 0.3 is 39.0 Å². The Balaban J connectivity index is 0.000000163. The molecule has 0 aromatic heterocycles. The van der Waals surface area contributed by atoms with Gasteiger partial charge in [0.25, 0.3) is 0 Å². The van der Waals surface area contributed by atoms with E-state index in [0.717, 1.165) is 65.3 Å². The van der Waals surface area contributed by atoms with E-state index in [9.17, 15) is 20.4 Å². The van der Waals surface area contributed by atoms with Gasteiger partial charge in [-0.05, 0) is 115 Å². The number of rotatable bonds is 12. The first-order chi connectivity index (χ1) is 41.0. The molecule has 0 saturated carbocycles. The van der Waals surface area contributed by atoms with E-state index < -0.39 is 0 Å². The van der Waals surface area contributed by atoms with Crippen molar-refractivity contribution < 1.29 is 59.4 Å². The third kappa shape index (κ3) is 17.0. The molecule has 0 amide bonds. The van der Waals surface area contributed by atoms with E-state index in [0.29, 0.717) is 22.3 Å². The van der Waals surface area contributed by atoms with Gasteiger partial charge in [-0.15, -0.1) is 0 Å². The minimum absolute atomic E-state index is 0. The fraction of sp³-hybridized carbons (Fsp3) is 0.105. The van der Waals surface area contributed by atoms with E-state index >= 15 is 0 Å². The molecule has 0 heterocycles. The van der Waals surface area contributed by atoms with Crippen LogP contribution in [0.2, 0.25) is 0 Å². The second kappa shape index (κ2) is 32.2. The Kier molecular flexibility index (Phi) is 24.1. The summed E-state index contributed by atoms with van der Waals surface area (Å²) in [4.78, 5) is 18.2. The van der Waals surface area contributed by atoms with Crippen molar-refractivity contribution in [3.63, 3.8) is 0 Å². The average Bonchev–Trinajstić information content (AvgIpc) is 3.27. The summed E-state index contributed by atoms with van der Waals surface area (Å²) >= 11 is 0. The van der Waals surface area contributed by atoms with Gasteiger partial charge in [0.1, 0.15) is 0 Å². The second-order valence-electron chi connectivity index (χ2n) is 20.3. The van der Waals surface area contributed by atoms with Crippen LogP contribution in [-0.4, -0.2) is 24.9 Å². The van der Waals surface area contributed by atoms with E-state index in [2.05, 4.69) is 20.0 Å². The fourth-order valence-electron chi connectivity index (χ4n) is 9.65. The van der Waals surface area contributed by atoms with Gasteiger partial charge < -0.3 is 20.4 Å². The van der Waals surface area contributed by atoms with Crippen molar-refractivity contribution in [1.29, 1.82) is 0 Å². The number of benzene rings is 12. The van der Waals surface area contributed by atoms with E-state index in [-0.39, 0.29) is 86.1 Å². The first kappa shape index (κ1) is 64.4. The van der Waals surface area contributed by atoms with Gasteiger partial charge in [-0.2, -0.15) is 0 Å². The summed E-state index contributed by atoms with van der Waals surface area (Å²) in [6, 6.07) is 85.8. The van der Waals surface area contributed by atoms with Gasteiger partial charge in [0.2, 0.25) is 0 Å². The molecule has 0 spiro atoms. The third-order valence-electron chi connectivity index (χ3n) is 14.6. The first-order valence-corrected chi connectivity index (χ1v) is 28.1. The number of hydrogen-bond donors (Lipinski definition) is 0. The molecule has 0 aliphatic heterocycles. The van der Waals surface area contributed by atoms with Crippen LogP contribution in [0.5, 0.6) is 23.0 Å². The predicted octanol–water partition coefficient (Wildman–Crippen LogP) is 16.4. The molecule has 0 aliphatic rings. The molecule has 8 nitrogen and oxygen atoms in total. The molecule has 0 bridgehead atoms. The van der Waals surface area contributed by atoms with E-state index in [1.165, 1.54) is 0 Å². The molecule has 0 aliphatic carbocycles. The summed E-state index contributed by atoms with van der Waals surface area (Å²) in [6.45, 7) is 8.12. The van der Waals surface area contributed by atoms with Gasteiger partial charge in [0.05, 0.1) is 24.2 Å². The van der Waals surface area contributed by atoms with Gasteiger partial charge in [0.15, 0.2) is 0 Å². The standard InChI is InChI=1S/4C19H17NO.2Zn/c4*1-14(15-7-3-2-4-8-15)20-13-18-17-10-6-5-9-16(17)11-12-19(18)21;;/h4*2-14,21H,1H3;;/q;;;;2*+2/p-4/t4*14-;;/m0000../s1. The molecule has 12 aromatic carbocycles. The molecule has 0 radical (unpaired) electrons. The van der Waals surface area contributed by atoms with Crippen molar-refractivity contribution in [2.75, 3.05) is 0 Å². The maximum Gasteiger partial charge on any atom is 2.00 e. The molecule has 86 heavy (non-hydrogen) atoms. The molecule has 416 valence electrons. The smallest absolute Gasteiger partial charge is 0.872 e. The Morgan fingerprint density at radius 3 is 0.605 bits per heavy atom. The SMILES string of the molecule is C[C@H](N=Cc1c([O-])ccc2ccccc12)c1ccccc1.C[C@H](N=Cc1c([O-])ccc2ccccc12)c1ccccc1.C[C@H](N=Cc1c([O-])ccc2ccccc12)c1ccccc1.C[C@H](N=Cc1c([O-])ccc2ccccc12)c1ccccc1.[Zn+2].[Zn+2]. The Hall–Kier alpha value is -9.19. The molecule has 0 saturated heterocycles. The van der Waals surface area contributed by atoms with Crippen LogP contribution in [0.4, 0.5) is 0 Å². The van der Waals surface area contributed by atoms with Crippen LogP contribution in [0.3, 0.4) is 0 Å². The summed E-state index contributed by atoms with van der Waals surface area (Å²) in [5.74, 6) is 0.0471. The van der Waals surface area contributed by atoms with Crippen molar-refractivity contribution in [2.24, 2.45) is 20.0 Å². The van der Waals surface area contributed by atoms with Crippen LogP contribution in [0, 0.1) is 0 Å². The molecule has 10 heteroatoms. The number of nitrogens with zero attached hydrogens (tertiary/aromatic N) is 4. The van der Waals surface area contributed by atoms with Gasteiger partial charge in [-0.1, -0.05) is 290 Å². The van der Waals surface area contributed by atoms with Crippen LogP contribution in [0.15, 0.2) is 287 Å². The molecule has 12 aromatic rings. The van der Waals surface area contributed by atoms with E-state index in [1.807, 2.05) is 270 Å². The van der Waals surface area contributed by atoms with E-state index in [4.69, 9.17) is 0 Å². The summed E-state index contributed by atoms with van der Waals surface area (Å²) in [7, 11) is 0. The zero-order valence-electron chi connectivity index (χ0n) is 48.9. The Labute approximate surface area is 529 Å². The largest absolute Gasteiger partial charge is 2.00 e. The van der Waals surface area contributed by atoms with Gasteiger partial charge in [-0.3, -0.25) is 20.0 Å². The summed E-state index contributed by atoms with van der Waals surface area (Å²) < 4.78 is 0. The maximum atomic E-state index is 12.1. The third-order valence-corrected chi connectivity index (χ3v) is 14.6. The minimum Gasteiger partial charge on any atom is -0.872 e. The van der Waals surface area contributed by atoms with Crippen LogP contribution >= 0.6 is 0 Å². The zero-order chi connectivity index (χ0) is 58.6. The second-order valence-corrected chi connectivity index (χ2v) is 20.3. The van der Waals surface area contributed by atoms with Crippen molar-refractivity contribution in [3.05, 3.63) is 311 Å². The Bertz CT molecular complexity index is 3670. The average molecular weight is 1230 g/mol. The molecular formula is C76H64N4O4Zn2. The van der Waals surface area contributed by atoms with Crippen LogP contribution in [0.25, 0.3) is 43.1 Å². The van der Waals surface area contributed by atoms with E-state index in [1.54, 1.807) is 49.1 Å². The first-order valence-electron chi connectivity index (χ1n) is 28.1. The van der Waals surface area contributed by atoms with Crippen molar-refractivity contribution in [3.8, 4) is 23.0 Å². The zero-order valence-corrected chi connectivity index (χ0v) is 54.8. The Morgan fingerprint density at radius 1 is 0.233 bits per heavy atom. The molecule has 4 atom stereocenters. The fourth-order valence-corrected chi connectivity index (χ4v) is 9.65. The molecule has 0 N–H and O–H groups in total. The monoisotopic (exact) mass is 1220 g/mol. The van der Waals surface area contributed by atoms with Gasteiger partial charge in [-0.25, -0.2) is 0 Å². The van der Waals surface area contributed by atoms with Gasteiger partial charge in [0, 0.05) is 24.9 Å². The summed E-state index contributed by atoms with van der Waals surface area (Å²) in [6.07, 6.45) is 6.84.